The van der Waals surface area contributed by atoms with Crippen molar-refractivity contribution in [2.24, 2.45) is 0 Å². The Balaban J connectivity index is 1.68. The van der Waals surface area contributed by atoms with Crippen LogP contribution in [0.15, 0.2) is 30.3 Å². The van der Waals surface area contributed by atoms with E-state index in [2.05, 4.69) is 0 Å². The zero-order valence-corrected chi connectivity index (χ0v) is 16.1. The molecule has 8 heteroatoms. The predicted molar refractivity (Wildman–Crippen MR) is 101 cm³/mol. The van der Waals surface area contributed by atoms with Gasteiger partial charge in [0.15, 0.2) is 0 Å². The number of carbonyl (C=O) groups excluding carboxylic acids is 1. The van der Waals surface area contributed by atoms with Gasteiger partial charge in [0, 0.05) is 44.0 Å². The SMILES string of the molecule is CCN(CC)S(=O)(=O)N1CCN(C(=O)c2cc3ccccc3s2)CC1. The highest BCUT2D eigenvalue weighted by molar-refractivity contribution is 7.86. The normalized spacial score (nSPS) is 16.7. The summed E-state index contributed by atoms with van der Waals surface area (Å²) in [5.74, 6) is -0.0129. The zero-order chi connectivity index (χ0) is 18.0. The summed E-state index contributed by atoms with van der Waals surface area (Å²) in [7, 11) is -3.43. The van der Waals surface area contributed by atoms with E-state index in [1.54, 1.807) is 4.90 Å². The van der Waals surface area contributed by atoms with Crippen LogP contribution in [-0.4, -0.2) is 67.1 Å². The molecule has 3 rings (SSSR count). The Morgan fingerprint density at radius 2 is 1.76 bits per heavy atom. The molecular weight excluding hydrogens is 358 g/mol. The van der Waals surface area contributed by atoms with Gasteiger partial charge in [-0.3, -0.25) is 4.79 Å². The Hall–Kier alpha value is -1.48. The number of nitrogens with zero attached hydrogens (tertiary/aromatic N) is 3. The number of hydrogen-bond acceptors (Lipinski definition) is 4. The van der Waals surface area contributed by atoms with E-state index >= 15 is 0 Å². The van der Waals surface area contributed by atoms with Crippen molar-refractivity contribution in [1.82, 2.24) is 13.5 Å². The van der Waals surface area contributed by atoms with Crippen molar-refractivity contribution >= 4 is 37.5 Å². The van der Waals surface area contributed by atoms with Crippen LogP contribution in [0, 0.1) is 0 Å². The molecule has 136 valence electrons. The fourth-order valence-corrected chi connectivity index (χ4v) is 5.71. The molecule has 0 bridgehead atoms. The zero-order valence-electron chi connectivity index (χ0n) is 14.5. The van der Waals surface area contributed by atoms with Crippen molar-refractivity contribution in [1.29, 1.82) is 0 Å². The third-order valence-electron chi connectivity index (χ3n) is 4.52. The first-order valence-electron chi connectivity index (χ1n) is 8.50. The summed E-state index contributed by atoms with van der Waals surface area (Å²) in [5.41, 5.74) is 0. The summed E-state index contributed by atoms with van der Waals surface area (Å²) in [6, 6.07) is 9.84. The maximum absolute atomic E-state index is 12.7. The van der Waals surface area contributed by atoms with Crippen LogP contribution in [0.1, 0.15) is 23.5 Å². The van der Waals surface area contributed by atoms with E-state index in [1.807, 2.05) is 44.2 Å². The van der Waals surface area contributed by atoms with Gasteiger partial charge in [0.05, 0.1) is 4.88 Å². The van der Waals surface area contributed by atoms with Gasteiger partial charge in [0.2, 0.25) is 0 Å². The number of hydrogen-bond donors (Lipinski definition) is 0. The average Bonchev–Trinajstić information content (AvgIpc) is 3.06. The third-order valence-corrected chi connectivity index (χ3v) is 7.81. The summed E-state index contributed by atoms with van der Waals surface area (Å²) in [6.45, 7) is 6.12. The van der Waals surface area contributed by atoms with Gasteiger partial charge in [-0.05, 0) is 17.5 Å². The predicted octanol–water partition coefficient (Wildman–Crippen LogP) is 2.25. The van der Waals surface area contributed by atoms with Crippen molar-refractivity contribution < 1.29 is 13.2 Å². The molecular formula is C17H23N3O3S2. The molecule has 1 aliphatic heterocycles. The highest BCUT2D eigenvalue weighted by Crippen LogP contribution is 2.26. The third kappa shape index (κ3) is 3.57. The minimum atomic E-state index is -3.43. The quantitative estimate of drug-likeness (QED) is 0.798. The standard InChI is InChI=1S/C17H23N3O3S2/c1-3-19(4-2)25(22,23)20-11-9-18(10-12-20)17(21)16-13-14-7-5-6-8-15(14)24-16/h5-8,13H,3-4,9-12H2,1-2H3. The van der Waals surface area contributed by atoms with Crippen LogP contribution in [0.5, 0.6) is 0 Å². The first kappa shape index (κ1) is 18.3. The molecule has 0 atom stereocenters. The topological polar surface area (TPSA) is 60.9 Å². The van der Waals surface area contributed by atoms with E-state index in [1.165, 1.54) is 19.9 Å². The number of benzene rings is 1. The van der Waals surface area contributed by atoms with Crippen molar-refractivity contribution in [2.45, 2.75) is 13.8 Å². The Morgan fingerprint density at radius 1 is 1.12 bits per heavy atom. The van der Waals surface area contributed by atoms with Gasteiger partial charge < -0.3 is 4.90 Å². The van der Waals surface area contributed by atoms with Gasteiger partial charge in [-0.15, -0.1) is 11.3 Å². The minimum absolute atomic E-state index is 0.0129. The van der Waals surface area contributed by atoms with Crippen LogP contribution in [0.25, 0.3) is 10.1 Å². The van der Waals surface area contributed by atoms with E-state index < -0.39 is 10.2 Å². The van der Waals surface area contributed by atoms with Crippen molar-refractivity contribution in [2.75, 3.05) is 39.3 Å². The van der Waals surface area contributed by atoms with Crippen molar-refractivity contribution in [3.05, 3.63) is 35.2 Å². The van der Waals surface area contributed by atoms with Crippen LogP contribution in [0.3, 0.4) is 0 Å². The van der Waals surface area contributed by atoms with E-state index in [0.717, 1.165) is 10.1 Å². The van der Waals surface area contributed by atoms with Gasteiger partial charge in [-0.2, -0.15) is 17.0 Å². The first-order valence-corrected chi connectivity index (χ1v) is 10.7. The number of amides is 1. The highest BCUT2D eigenvalue weighted by atomic mass is 32.2. The van der Waals surface area contributed by atoms with Gasteiger partial charge >= 0.3 is 0 Å². The Morgan fingerprint density at radius 3 is 2.36 bits per heavy atom. The lowest BCUT2D eigenvalue weighted by Crippen LogP contribution is -2.54. The van der Waals surface area contributed by atoms with E-state index in [9.17, 15) is 13.2 Å². The Kier molecular flexibility index (Phi) is 5.43. The van der Waals surface area contributed by atoms with Gasteiger partial charge in [0.25, 0.3) is 16.1 Å². The molecule has 0 unspecified atom stereocenters. The van der Waals surface area contributed by atoms with Gasteiger partial charge in [-0.1, -0.05) is 32.0 Å². The summed E-state index contributed by atoms with van der Waals surface area (Å²) in [5, 5.41) is 1.07. The molecule has 1 saturated heterocycles. The smallest absolute Gasteiger partial charge is 0.282 e. The molecule has 1 aromatic heterocycles. The molecule has 0 N–H and O–H groups in total. The maximum Gasteiger partial charge on any atom is 0.282 e. The fraction of sp³-hybridized carbons (Fsp3) is 0.471. The molecule has 1 aromatic carbocycles. The van der Waals surface area contributed by atoms with Crippen LogP contribution in [-0.2, 0) is 10.2 Å². The number of carbonyl (C=O) groups is 1. The molecule has 2 aromatic rings. The van der Waals surface area contributed by atoms with E-state index in [4.69, 9.17) is 0 Å². The highest BCUT2D eigenvalue weighted by Gasteiger charge is 2.32. The minimum Gasteiger partial charge on any atom is -0.335 e. The summed E-state index contributed by atoms with van der Waals surface area (Å²) >= 11 is 1.49. The lowest BCUT2D eigenvalue weighted by Gasteiger charge is -2.36. The van der Waals surface area contributed by atoms with Crippen LogP contribution >= 0.6 is 11.3 Å². The van der Waals surface area contributed by atoms with E-state index in [0.29, 0.717) is 44.1 Å². The lowest BCUT2D eigenvalue weighted by molar-refractivity contribution is 0.0699. The fourth-order valence-electron chi connectivity index (χ4n) is 3.08. The Labute approximate surface area is 152 Å². The van der Waals surface area contributed by atoms with Gasteiger partial charge in [-0.25, -0.2) is 0 Å². The van der Waals surface area contributed by atoms with Crippen molar-refractivity contribution in [3.63, 3.8) is 0 Å². The monoisotopic (exact) mass is 381 g/mol. The maximum atomic E-state index is 12.7. The lowest BCUT2D eigenvalue weighted by atomic mass is 10.2. The molecule has 25 heavy (non-hydrogen) atoms. The first-order chi connectivity index (χ1) is 12.0. The second kappa shape index (κ2) is 7.41. The summed E-state index contributed by atoms with van der Waals surface area (Å²) in [4.78, 5) is 15.2. The molecule has 1 fully saturated rings. The molecule has 6 nitrogen and oxygen atoms in total. The van der Waals surface area contributed by atoms with E-state index in [-0.39, 0.29) is 5.91 Å². The number of rotatable bonds is 5. The number of piperazine rings is 1. The largest absolute Gasteiger partial charge is 0.335 e. The Bertz CT molecular complexity index is 818. The van der Waals surface area contributed by atoms with Crippen molar-refractivity contribution in [3.8, 4) is 0 Å². The molecule has 0 radical (unpaired) electrons. The second-order valence-electron chi connectivity index (χ2n) is 5.93. The second-order valence-corrected chi connectivity index (χ2v) is 8.94. The van der Waals surface area contributed by atoms with Crippen LogP contribution < -0.4 is 0 Å². The molecule has 0 saturated carbocycles. The van der Waals surface area contributed by atoms with Gasteiger partial charge in [0.1, 0.15) is 0 Å². The van der Waals surface area contributed by atoms with Crippen LogP contribution in [0.2, 0.25) is 0 Å². The van der Waals surface area contributed by atoms with Crippen LogP contribution in [0.4, 0.5) is 0 Å². The molecule has 1 aliphatic rings. The molecule has 2 heterocycles. The molecule has 0 spiro atoms. The summed E-state index contributed by atoms with van der Waals surface area (Å²) in [6.07, 6.45) is 0. The summed E-state index contributed by atoms with van der Waals surface area (Å²) < 4.78 is 29.2. The molecule has 1 amide bonds. The number of thiophene rings is 1. The number of fused-ring (bicyclic) bond motifs is 1. The average molecular weight is 382 g/mol. The molecule has 0 aliphatic carbocycles.